The van der Waals surface area contributed by atoms with Crippen LogP contribution in [-0.4, -0.2) is 0 Å². The van der Waals surface area contributed by atoms with Crippen LogP contribution >= 0.6 is 11.3 Å². The molecule has 310 valence electrons. The fourth-order valence-corrected chi connectivity index (χ4v) is 10.7. The molecule has 0 saturated carbocycles. The second kappa shape index (κ2) is 17.0. The van der Waals surface area contributed by atoms with Crippen LogP contribution in [0, 0.1) is 0 Å². The summed E-state index contributed by atoms with van der Waals surface area (Å²) in [6.07, 6.45) is 0. The summed E-state index contributed by atoms with van der Waals surface area (Å²) in [5.41, 5.74) is 17.5. The number of hydrogen-bond donors (Lipinski definition) is 0. The maximum Gasteiger partial charge on any atom is 0.0546 e. The average Bonchev–Trinajstić information content (AvgIpc) is 3.78. The largest absolute Gasteiger partial charge is 0.310 e. The number of fused-ring (bicyclic) bond motifs is 4. The molecule has 0 amide bonds. The highest BCUT2D eigenvalue weighted by atomic mass is 32.1. The van der Waals surface area contributed by atoms with E-state index >= 15 is 0 Å². The van der Waals surface area contributed by atoms with Gasteiger partial charge in [0.15, 0.2) is 0 Å². The summed E-state index contributed by atoms with van der Waals surface area (Å²) in [6, 6.07) is 95.2. The summed E-state index contributed by atoms with van der Waals surface area (Å²) < 4.78 is 2.63. The predicted octanol–water partition coefficient (Wildman–Crippen LogP) is 18.7. The van der Waals surface area contributed by atoms with Crippen molar-refractivity contribution in [3.63, 3.8) is 0 Å². The van der Waals surface area contributed by atoms with Crippen LogP contribution < -0.4 is 4.90 Å². The van der Waals surface area contributed by atoms with E-state index in [0.29, 0.717) is 0 Å². The third kappa shape index (κ3) is 7.34. The highest BCUT2D eigenvalue weighted by molar-refractivity contribution is 7.25. The molecule has 11 aromatic carbocycles. The summed E-state index contributed by atoms with van der Waals surface area (Å²) in [5.74, 6) is 0. The molecule has 66 heavy (non-hydrogen) atoms. The van der Waals surface area contributed by atoms with Gasteiger partial charge < -0.3 is 4.90 Å². The van der Waals surface area contributed by atoms with Crippen molar-refractivity contribution < 1.29 is 0 Å². The van der Waals surface area contributed by atoms with E-state index in [1.165, 1.54) is 97.7 Å². The van der Waals surface area contributed by atoms with Gasteiger partial charge in [-0.05, 0) is 127 Å². The van der Waals surface area contributed by atoms with Crippen LogP contribution in [0.3, 0.4) is 0 Å². The van der Waals surface area contributed by atoms with E-state index in [2.05, 4.69) is 266 Å². The van der Waals surface area contributed by atoms with Gasteiger partial charge in [0.05, 0.1) is 5.69 Å². The van der Waals surface area contributed by atoms with Crippen LogP contribution in [0.5, 0.6) is 0 Å². The molecule has 0 atom stereocenters. The number of nitrogens with zero attached hydrogens (tertiary/aromatic N) is 1. The van der Waals surface area contributed by atoms with Crippen molar-refractivity contribution in [2.24, 2.45) is 0 Å². The zero-order valence-electron chi connectivity index (χ0n) is 36.2. The lowest BCUT2D eigenvalue weighted by Crippen LogP contribution is -2.12. The summed E-state index contributed by atoms with van der Waals surface area (Å²) in [5, 5.41) is 5.13. The van der Waals surface area contributed by atoms with Gasteiger partial charge in [0.1, 0.15) is 0 Å². The zero-order chi connectivity index (χ0) is 43.8. The molecule has 0 bridgehead atoms. The van der Waals surface area contributed by atoms with Gasteiger partial charge in [-0.15, -0.1) is 11.3 Å². The molecule has 0 radical (unpaired) electrons. The van der Waals surface area contributed by atoms with Crippen LogP contribution in [0.25, 0.3) is 97.7 Å². The van der Waals surface area contributed by atoms with E-state index in [1.54, 1.807) is 0 Å². The Morgan fingerprint density at radius 2 is 0.727 bits per heavy atom. The van der Waals surface area contributed by atoms with Gasteiger partial charge in [0.2, 0.25) is 0 Å². The number of hydrogen-bond acceptors (Lipinski definition) is 2. The third-order valence-corrected chi connectivity index (χ3v) is 14.1. The fraction of sp³-hybridized carbons (Fsp3) is 0. The van der Waals surface area contributed by atoms with Gasteiger partial charge in [-0.2, -0.15) is 0 Å². The molecule has 12 rings (SSSR count). The SMILES string of the molecule is c1ccc(-c2ccccc2-c2c(-c3ccccc3)cccc2N(c2ccc(-c3ccc(-c4ccc5ccccc5c4)cc3)cc2)c2ccc(-c3ccc4sc5ccccc5c4c3)cc2)cc1. The molecule has 2 heteroatoms. The second-order valence-electron chi connectivity index (χ2n) is 16.9. The lowest BCUT2D eigenvalue weighted by atomic mass is 9.87. The van der Waals surface area contributed by atoms with Crippen LogP contribution in [0.2, 0.25) is 0 Å². The quantitative estimate of drug-likeness (QED) is 0.140. The predicted molar refractivity (Wildman–Crippen MR) is 284 cm³/mol. The molecule has 0 aliphatic rings. The number of rotatable bonds is 9. The summed E-state index contributed by atoms with van der Waals surface area (Å²) in [7, 11) is 0. The minimum Gasteiger partial charge on any atom is -0.310 e. The van der Waals surface area contributed by atoms with E-state index in [1.807, 2.05) is 11.3 Å². The lowest BCUT2D eigenvalue weighted by Gasteiger charge is -2.30. The molecule has 0 unspecified atom stereocenters. The van der Waals surface area contributed by atoms with Crippen molar-refractivity contribution in [3.8, 4) is 66.8 Å². The van der Waals surface area contributed by atoms with E-state index < -0.39 is 0 Å². The summed E-state index contributed by atoms with van der Waals surface area (Å²) in [4.78, 5) is 2.44. The summed E-state index contributed by atoms with van der Waals surface area (Å²) in [6.45, 7) is 0. The van der Waals surface area contributed by atoms with E-state index in [4.69, 9.17) is 0 Å². The Labute approximate surface area is 389 Å². The molecule has 1 heterocycles. The van der Waals surface area contributed by atoms with Crippen LogP contribution in [-0.2, 0) is 0 Å². The Kier molecular flexibility index (Phi) is 10.1. The Morgan fingerprint density at radius 1 is 0.258 bits per heavy atom. The monoisotopic (exact) mass is 857 g/mol. The number of thiophene rings is 1. The molecule has 0 aliphatic heterocycles. The minimum atomic E-state index is 1.08. The van der Waals surface area contributed by atoms with Crippen molar-refractivity contribution in [1.29, 1.82) is 0 Å². The van der Waals surface area contributed by atoms with E-state index in [9.17, 15) is 0 Å². The Balaban J connectivity index is 0.991. The third-order valence-electron chi connectivity index (χ3n) is 12.9. The topological polar surface area (TPSA) is 3.24 Å². The first-order valence-electron chi connectivity index (χ1n) is 22.6. The van der Waals surface area contributed by atoms with Gasteiger partial charge in [0, 0.05) is 37.1 Å². The molecular weight excluding hydrogens is 815 g/mol. The van der Waals surface area contributed by atoms with Crippen molar-refractivity contribution in [1.82, 2.24) is 0 Å². The normalized spacial score (nSPS) is 11.3. The van der Waals surface area contributed by atoms with Gasteiger partial charge in [0.25, 0.3) is 0 Å². The molecule has 1 nitrogen and oxygen atoms in total. The molecule has 1 aromatic heterocycles. The Morgan fingerprint density at radius 3 is 1.41 bits per heavy atom. The molecule has 0 fully saturated rings. The average molecular weight is 858 g/mol. The first-order valence-corrected chi connectivity index (χ1v) is 23.4. The van der Waals surface area contributed by atoms with Gasteiger partial charge in [-0.1, -0.05) is 206 Å². The standard InChI is InChI=1S/C64H43NS/c1-3-15-49(16-4-1)56-20-9-10-22-59(56)64-57(50-17-5-2-6-18-50)23-13-24-61(64)65(55-39-34-48(35-40-55)53-36-41-63-60(43-53)58-21-11-12-25-62(58)66-63)54-37-32-46(33-38-54)45-26-28-47(29-27-45)52-31-30-44-14-7-8-19-51(44)42-52/h1-43H. The molecule has 0 spiro atoms. The van der Waals surface area contributed by atoms with Gasteiger partial charge >= 0.3 is 0 Å². The summed E-state index contributed by atoms with van der Waals surface area (Å²) >= 11 is 1.86. The van der Waals surface area contributed by atoms with E-state index in [-0.39, 0.29) is 0 Å². The highest BCUT2D eigenvalue weighted by Gasteiger charge is 2.23. The Bertz CT molecular complexity index is 3660. The Hall–Kier alpha value is -8.30. The highest BCUT2D eigenvalue weighted by Crippen LogP contribution is 2.48. The fourth-order valence-electron chi connectivity index (χ4n) is 9.60. The van der Waals surface area contributed by atoms with Crippen molar-refractivity contribution >= 4 is 59.3 Å². The zero-order valence-corrected chi connectivity index (χ0v) is 37.0. The lowest BCUT2D eigenvalue weighted by molar-refractivity contribution is 1.28. The first kappa shape index (κ1) is 39.3. The molecule has 12 aromatic rings. The van der Waals surface area contributed by atoms with Crippen molar-refractivity contribution in [2.75, 3.05) is 4.90 Å². The number of benzene rings is 11. The van der Waals surface area contributed by atoms with Crippen LogP contribution in [0.4, 0.5) is 17.1 Å². The maximum absolute atomic E-state index is 2.44. The minimum absolute atomic E-state index is 1.08. The van der Waals surface area contributed by atoms with E-state index in [0.717, 1.165) is 17.1 Å². The van der Waals surface area contributed by atoms with Crippen molar-refractivity contribution in [2.45, 2.75) is 0 Å². The van der Waals surface area contributed by atoms with Gasteiger partial charge in [-0.3, -0.25) is 0 Å². The van der Waals surface area contributed by atoms with Gasteiger partial charge in [-0.25, -0.2) is 0 Å². The maximum atomic E-state index is 2.44. The van der Waals surface area contributed by atoms with Crippen LogP contribution in [0.1, 0.15) is 0 Å². The first-order chi connectivity index (χ1) is 32.7. The second-order valence-corrected chi connectivity index (χ2v) is 17.9. The molecule has 0 saturated heterocycles. The number of anilines is 3. The van der Waals surface area contributed by atoms with Crippen molar-refractivity contribution in [3.05, 3.63) is 261 Å². The molecule has 0 N–H and O–H groups in total. The molecular formula is C64H43NS. The smallest absolute Gasteiger partial charge is 0.0546 e. The molecule has 0 aliphatic carbocycles. The van der Waals surface area contributed by atoms with Crippen LogP contribution in [0.15, 0.2) is 261 Å².